The third-order valence-corrected chi connectivity index (χ3v) is 4.23. The van der Waals surface area contributed by atoms with Crippen molar-refractivity contribution in [3.8, 4) is 0 Å². The highest BCUT2D eigenvalue weighted by Gasteiger charge is 2.45. The van der Waals surface area contributed by atoms with Gasteiger partial charge in [-0.25, -0.2) is 0 Å². The van der Waals surface area contributed by atoms with E-state index in [0.717, 1.165) is 12.8 Å². The van der Waals surface area contributed by atoms with Crippen molar-refractivity contribution >= 4 is 0 Å². The molecule has 0 aromatic rings. The van der Waals surface area contributed by atoms with E-state index in [1.54, 1.807) is 0 Å². The fourth-order valence-corrected chi connectivity index (χ4v) is 3.16. The van der Waals surface area contributed by atoms with E-state index in [1.165, 1.54) is 6.42 Å². The molecule has 1 saturated carbocycles. The highest BCUT2D eigenvalue weighted by Crippen LogP contribution is 2.45. The second-order valence-corrected chi connectivity index (χ2v) is 5.75. The molecule has 4 atom stereocenters. The second kappa shape index (κ2) is 4.69. The van der Waals surface area contributed by atoms with Gasteiger partial charge in [0.1, 0.15) is 0 Å². The van der Waals surface area contributed by atoms with Gasteiger partial charge in [0.2, 0.25) is 0 Å². The Hall–Kier alpha value is -0.300. The van der Waals surface area contributed by atoms with Gasteiger partial charge >= 0.3 is 0 Å². The van der Waals surface area contributed by atoms with Gasteiger partial charge in [0.15, 0.2) is 0 Å². The van der Waals surface area contributed by atoms with Crippen molar-refractivity contribution in [2.45, 2.75) is 52.6 Å². The smallest absolute Gasteiger partial charge is 0.0740 e. The van der Waals surface area contributed by atoms with Gasteiger partial charge in [0.25, 0.3) is 0 Å². The molecule has 1 nitrogen and oxygen atoms in total. The Morgan fingerprint density at radius 2 is 1.93 bits per heavy atom. The Morgan fingerprint density at radius 3 is 2.40 bits per heavy atom. The molecule has 88 valence electrons. The first-order valence-electron chi connectivity index (χ1n) is 6.26. The zero-order chi connectivity index (χ0) is 11.6. The van der Waals surface area contributed by atoms with Crippen LogP contribution in [0.2, 0.25) is 0 Å². The molecule has 0 radical (unpaired) electrons. The lowest BCUT2D eigenvalue weighted by atomic mass is 9.62. The maximum atomic E-state index is 10.9. The zero-order valence-corrected chi connectivity index (χ0v) is 10.7. The molecule has 0 aliphatic heterocycles. The van der Waals surface area contributed by atoms with Gasteiger partial charge in [-0.15, -0.1) is 6.58 Å². The normalized spacial score (nSPS) is 39.1. The summed E-state index contributed by atoms with van der Waals surface area (Å²) in [6, 6.07) is 0. The third kappa shape index (κ3) is 2.44. The predicted octanol–water partition coefficient (Wildman–Crippen LogP) is 3.63. The summed E-state index contributed by atoms with van der Waals surface area (Å²) in [6.45, 7) is 12.6. The summed E-state index contributed by atoms with van der Waals surface area (Å²) in [5.74, 6) is 1.84. The summed E-state index contributed by atoms with van der Waals surface area (Å²) in [5, 5.41) is 10.9. The van der Waals surface area contributed by atoms with Gasteiger partial charge in [0.05, 0.1) is 5.60 Å². The van der Waals surface area contributed by atoms with Crippen molar-refractivity contribution < 1.29 is 5.11 Å². The number of rotatable bonds is 3. The van der Waals surface area contributed by atoms with Crippen LogP contribution in [-0.4, -0.2) is 10.7 Å². The molecule has 1 aliphatic carbocycles. The van der Waals surface area contributed by atoms with Crippen LogP contribution >= 0.6 is 0 Å². The first-order valence-corrected chi connectivity index (χ1v) is 6.26. The average Bonchev–Trinajstić information content (AvgIpc) is 2.15. The van der Waals surface area contributed by atoms with E-state index in [9.17, 15) is 5.11 Å². The molecule has 1 N–H and O–H groups in total. The fourth-order valence-electron chi connectivity index (χ4n) is 3.16. The molecule has 15 heavy (non-hydrogen) atoms. The quantitative estimate of drug-likeness (QED) is 0.705. The molecule has 0 unspecified atom stereocenters. The number of hydrogen-bond donors (Lipinski definition) is 1. The van der Waals surface area contributed by atoms with Crippen LogP contribution in [0.5, 0.6) is 0 Å². The predicted molar refractivity (Wildman–Crippen MR) is 65.7 cm³/mol. The van der Waals surface area contributed by atoms with Gasteiger partial charge in [-0.2, -0.15) is 0 Å². The fraction of sp³-hybridized carbons (Fsp3) is 0.857. The van der Waals surface area contributed by atoms with Crippen LogP contribution < -0.4 is 0 Å². The van der Waals surface area contributed by atoms with E-state index in [-0.39, 0.29) is 5.92 Å². The zero-order valence-electron chi connectivity index (χ0n) is 10.7. The molecule has 0 saturated heterocycles. The van der Waals surface area contributed by atoms with E-state index in [1.807, 2.05) is 6.08 Å². The van der Waals surface area contributed by atoms with Crippen molar-refractivity contribution in [1.82, 2.24) is 0 Å². The molecule has 0 amide bonds. The van der Waals surface area contributed by atoms with Crippen LogP contribution in [0, 0.1) is 23.7 Å². The highest BCUT2D eigenvalue weighted by atomic mass is 16.3. The monoisotopic (exact) mass is 210 g/mol. The van der Waals surface area contributed by atoms with Crippen LogP contribution in [0.25, 0.3) is 0 Å². The Kier molecular flexibility index (Phi) is 3.99. The van der Waals surface area contributed by atoms with Gasteiger partial charge < -0.3 is 5.11 Å². The average molecular weight is 210 g/mol. The van der Waals surface area contributed by atoms with Gasteiger partial charge in [-0.1, -0.05) is 40.2 Å². The van der Waals surface area contributed by atoms with Crippen molar-refractivity contribution in [2.24, 2.45) is 23.7 Å². The standard InChI is InChI=1S/C14H26O/c1-6-12(5)14(15)9-11(4)7-8-13(14)10(2)3/h6,10-13,15H,1,7-9H2,2-5H3/t11-,12+,13+,14+/m1/s1. The van der Waals surface area contributed by atoms with Crippen LogP contribution in [-0.2, 0) is 0 Å². The summed E-state index contributed by atoms with van der Waals surface area (Å²) in [7, 11) is 0. The molecule has 0 heterocycles. The summed E-state index contributed by atoms with van der Waals surface area (Å²) < 4.78 is 0. The molecule has 0 aromatic heterocycles. The number of hydrogen-bond acceptors (Lipinski definition) is 1. The van der Waals surface area contributed by atoms with Crippen LogP contribution in [0.3, 0.4) is 0 Å². The largest absolute Gasteiger partial charge is 0.389 e. The SMILES string of the molecule is C=C[C@H](C)[C@@]1(O)C[C@H](C)CC[C@H]1C(C)C. The minimum Gasteiger partial charge on any atom is -0.389 e. The Morgan fingerprint density at radius 1 is 1.33 bits per heavy atom. The van der Waals surface area contributed by atoms with E-state index >= 15 is 0 Å². The molecule has 1 fully saturated rings. The van der Waals surface area contributed by atoms with Crippen LogP contribution in [0.4, 0.5) is 0 Å². The lowest BCUT2D eigenvalue weighted by molar-refractivity contribution is -0.105. The Balaban J connectivity index is 2.90. The summed E-state index contributed by atoms with van der Waals surface area (Å²) in [4.78, 5) is 0. The van der Waals surface area contributed by atoms with E-state index < -0.39 is 5.60 Å². The molecular weight excluding hydrogens is 184 g/mol. The van der Waals surface area contributed by atoms with Gasteiger partial charge in [-0.05, 0) is 30.6 Å². The summed E-state index contributed by atoms with van der Waals surface area (Å²) in [5.41, 5.74) is -0.520. The second-order valence-electron chi connectivity index (χ2n) is 5.75. The first-order chi connectivity index (χ1) is 6.91. The van der Waals surface area contributed by atoms with E-state index in [0.29, 0.717) is 17.8 Å². The molecule has 0 spiro atoms. The molecule has 1 rings (SSSR count). The molecule has 1 aliphatic rings. The molecule has 1 heteroatoms. The van der Waals surface area contributed by atoms with Crippen LogP contribution in [0.1, 0.15) is 47.0 Å². The Bertz CT molecular complexity index is 221. The topological polar surface area (TPSA) is 20.2 Å². The van der Waals surface area contributed by atoms with Crippen molar-refractivity contribution in [2.75, 3.05) is 0 Å². The maximum Gasteiger partial charge on any atom is 0.0740 e. The van der Waals surface area contributed by atoms with Crippen molar-refractivity contribution in [3.63, 3.8) is 0 Å². The molecule has 0 aromatic carbocycles. The summed E-state index contributed by atoms with van der Waals surface area (Å²) >= 11 is 0. The van der Waals surface area contributed by atoms with Gasteiger partial charge in [0, 0.05) is 5.92 Å². The maximum absolute atomic E-state index is 10.9. The van der Waals surface area contributed by atoms with Crippen LogP contribution in [0.15, 0.2) is 12.7 Å². The van der Waals surface area contributed by atoms with E-state index in [2.05, 4.69) is 34.3 Å². The third-order valence-electron chi connectivity index (χ3n) is 4.23. The minimum absolute atomic E-state index is 0.202. The molecule has 0 bridgehead atoms. The highest BCUT2D eigenvalue weighted by molar-refractivity contribution is 5.01. The van der Waals surface area contributed by atoms with Gasteiger partial charge in [-0.3, -0.25) is 0 Å². The lowest BCUT2D eigenvalue weighted by Gasteiger charge is -2.47. The first kappa shape index (κ1) is 12.8. The minimum atomic E-state index is -0.520. The summed E-state index contributed by atoms with van der Waals surface area (Å²) in [6.07, 6.45) is 5.26. The van der Waals surface area contributed by atoms with Crippen molar-refractivity contribution in [1.29, 1.82) is 0 Å². The Labute approximate surface area is 94.6 Å². The number of aliphatic hydroxyl groups is 1. The lowest BCUT2D eigenvalue weighted by Crippen LogP contribution is -2.49. The van der Waals surface area contributed by atoms with E-state index in [4.69, 9.17) is 0 Å². The molecular formula is C14H26O. The van der Waals surface area contributed by atoms with Crippen molar-refractivity contribution in [3.05, 3.63) is 12.7 Å².